The second-order valence-corrected chi connectivity index (χ2v) is 11.8. The van der Waals surface area contributed by atoms with Crippen LogP contribution in [0.1, 0.15) is 18.4 Å². The maximum atomic E-state index is 9.31. The van der Waals surface area contributed by atoms with Crippen molar-refractivity contribution in [2.45, 2.75) is 31.4 Å². The van der Waals surface area contributed by atoms with E-state index in [9.17, 15) is 5.26 Å². The van der Waals surface area contributed by atoms with Crippen molar-refractivity contribution in [3.05, 3.63) is 90.5 Å². The molecule has 3 rings (SSSR count). The van der Waals surface area contributed by atoms with E-state index in [2.05, 4.69) is 85.4 Å². The van der Waals surface area contributed by atoms with E-state index >= 15 is 0 Å². The van der Waals surface area contributed by atoms with Gasteiger partial charge in [0.1, 0.15) is 13.8 Å². The number of nitriles is 1. The third-order valence-corrected chi connectivity index (χ3v) is 11.0. The van der Waals surface area contributed by atoms with Crippen LogP contribution >= 0.6 is 0 Å². The first-order chi connectivity index (χ1) is 13.7. The number of ether oxygens (including phenoxy) is 1. The lowest BCUT2D eigenvalue weighted by molar-refractivity contribution is 0.414. The lowest BCUT2D eigenvalue weighted by Crippen LogP contribution is -2.59. The average molecular weight is 386 g/mol. The van der Waals surface area contributed by atoms with Crippen molar-refractivity contribution < 1.29 is 4.74 Å². The zero-order valence-electron chi connectivity index (χ0n) is 16.6. The van der Waals surface area contributed by atoms with Gasteiger partial charge in [0.15, 0.2) is 0 Å². The number of nitrogens with zero attached hydrogens (tertiary/aromatic N) is 1. The van der Waals surface area contributed by atoms with Crippen molar-refractivity contribution in [2.75, 3.05) is 7.11 Å². The highest BCUT2D eigenvalue weighted by atomic mass is 28.3. The molecule has 3 heteroatoms. The topological polar surface area (TPSA) is 33.0 Å². The van der Waals surface area contributed by atoms with E-state index in [0.29, 0.717) is 12.0 Å². The van der Waals surface area contributed by atoms with Crippen LogP contribution in [0.5, 0.6) is 5.75 Å². The summed E-state index contributed by atoms with van der Waals surface area (Å²) in [5.41, 5.74) is 1.74. The molecule has 142 valence electrons. The van der Waals surface area contributed by atoms with E-state index in [1.165, 1.54) is 15.9 Å². The first-order valence-electron chi connectivity index (χ1n) is 9.79. The molecule has 28 heavy (non-hydrogen) atoms. The van der Waals surface area contributed by atoms with Crippen LogP contribution in [0, 0.1) is 11.3 Å². The monoisotopic (exact) mass is 385 g/mol. The molecule has 0 saturated carbocycles. The summed E-state index contributed by atoms with van der Waals surface area (Å²) >= 11 is 0. The Morgan fingerprint density at radius 3 is 1.86 bits per heavy atom. The predicted octanol–water partition coefficient (Wildman–Crippen LogP) is 4.80. The minimum atomic E-state index is -2.06. The molecule has 3 aromatic carbocycles. The SMILES string of the molecule is COc1ccc(C[C@@H](CCC#N)[Si](C)(c2ccccc2)c2ccccc2)cc1. The second-order valence-electron chi connectivity index (χ2n) is 7.38. The fourth-order valence-corrected chi connectivity index (χ4v) is 8.50. The fourth-order valence-electron chi connectivity index (χ4n) is 4.09. The van der Waals surface area contributed by atoms with Gasteiger partial charge in [0.25, 0.3) is 0 Å². The number of methoxy groups -OCH3 is 1. The summed E-state index contributed by atoms with van der Waals surface area (Å²) in [5, 5.41) is 12.2. The van der Waals surface area contributed by atoms with Crippen LogP contribution in [0.3, 0.4) is 0 Å². The zero-order chi connectivity index (χ0) is 19.8. The molecule has 0 spiro atoms. The molecule has 0 N–H and O–H groups in total. The lowest BCUT2D eigenvalue weighted by Gasteiger charge is -2.37. The first-order valence-corrected chi connectivity index (χ1v) is 12.4. The number of benzene rings is 3. The van der Waals surface area contributed by atoms with Crippen molar-refractivity contribution in [2.24, 2.45) is 0 Å². The maximum absolute atomic E-state index is 9.31. The minimum Gasteiger partial charge on any atom is -0.497 e. The summed E-state index contributed by atoms with van der Waals surface area (Å²) in [5.74, 6) is 0.878. The molecule has 0 aliphatic carbocycles. The van der Waals surface area contributed by atoms with Gasteiger partial charge in [-0.25, -0.2) is 0 Å². The smallest absolute Gasteiger partial charge is 0.118 e. The molecular formula is C25H27NOSi. The van der Waals surface area contributed by atoms with Gasteiger partial charge in [-0.1, -0.05) is 89.7 Å². The van der Waals surface area contributed by atoms with Gasteiger partial charge in [-0.05, 0) is 36.1 Å². The highest BCUT2D eigenvalue weighted by molar-refractivity contribution is 7.02. The third kappa shape index (κ3) is 4.35. The van der Waals surface area contributed by atoms with Crippen molar-refractivity contribution in [1.82, 2.24) is 0 Å². The van der Waals surface area contributed by atoms with E-state index < -0.39 is 8.07 Å². The molecule has 1 atom stereocenters. The normalized spacial score (nSPS) is 12.2. The van der Waals surface area contributed by atoms with Crippen molar-refractivity contribution in [1.29, 1.82) is 5.26 Å². The summed E-state index contributed by atoms with van der Waals surface area (Å²) in [6.45, 7) is 2.46. The van der Waals surface area contributed by atoms with Gasteiger partial charge in [0, 0.05) is 6.42 Å². The molecular weight excluding hydrogens is 358 g/mol. The third-order valence-electron chi connectivity index (χ3n) is 5.81. The molecule has 0 fully saturated rings. The Bertz CT molecular complexity index is 861. The Labute approximate surface area is 169 Å². The van der Waals surface area contributed by atoms with Gasteiger partial charge in [0.05, 0.1) is 13.2 Å². The summed E-state index contributed by atoms with van der Waals surface area (Å²) in [6.07, 6.45) is 2.47. The van der Waals surface area contributed by atoms with Gasteiger partial charge in [-0.2, -0.15) is 5.26 Å². The fraction of sp³-hybridized carbons (Fsp3) is 0.240. The van der Waals surface area contributed by atoms with Crippen LogP contribution in [0.15, 0.2) is 84.9 Å². The summed E-state index contributed by atoms with van der Waals surface area (Å²) in [6, 6.07) is 32.5. The van der Waals surface area contributed by atoms with E-state index in [1.54, 1.807) is 7.11 Å². The largest absolute Gasteiger partial charge is 0.497 e. The first kappa shape index (κ1) is 19.9. The summed E-state index contributed by atoms with van der Waals surface area (Å²) in [4.78, 5) is 0. The Kier molecular flexibility index (Phi) is 6.68. The number of hydrogen-bond acceptors (Lipinski definition) is 2. The molecule has 0 aromatic heterocycles. The lowest BCUT2D eigenvalue weighted by atomic mass is 10.1. The van der Waals surface area contributed by atoms with Gasteiger partial charge >= 0.3 is 0 Å². The number of hydrogen-bond donors (Lipinski definition) is 0. The van der Waals surface area contributed by atoms with Crippen LogP contribution in [-0.2, 0) is 6.42 Å². The van der Waals surface area contributed by atoms with E-state index in [1.807, 2.05) is 12.1 Å². The van der Waals surface area contributed by atoms with Crippen molar-refractivity contribution in [3.8, 4) is 11.8 Å². The van der Waals surface area contributed by atoms with Gasteiger partial charge in [-0.3, -0.25) is 0 Å². The van der Waals surface area contributed by atoms with Crippen LogP contribution < -0.4 is 15.1 Å². The maximum Gasteiger partial charge on any atom is 0.118 e. The highest BCUT2D eigenvalue weighted by Crippen LogP contribution is 2.31. The van der Waals surface area contributed by atoms with Crippen LogP contribution in [0.4, 0.5) is 0 Å². The Hall–Kier alpha value is -2.83. The molecule has 0 aliphatic heterocycles. The summed E-state index contributed by atoms with van der Waals surface area (Å²) in [7, 11) is -0.361. The summed E-state index contributed by atoms with van der Waals surface area (Å²) < 4.78 is 5.31. The number of rotatable bonds is 8. The van der Waals surface area contributed by atoms with E-state index in [4.69, 9.17) is 4.74 Å². The van der Waals surface area contributed by atoms with Crippen LogP contribution in [0.2, 0.25) is 12.1 Å². The Morgan fingerprint density at radius 2 is 1.39 bits per heavy atom. The molecule has 2 nitrogen and oxygen atoms in total. The average Bonchev–Trinajstić information content (AvgIpc) is 2.77. The zero-order valence-corrected chi connectivity index (χ0v) is 17.6. The van der Waals surface area contributed by atoms with Gasteiger partial charge in [0.2, 0.25) is 0 Å². The van der Waals surface area contributed by atoms with E-state index in [-0.39, 0.29) is 0 Å². The molecule has 0 aliphatic rings. The van der Waals surface area contributed by atoms with Crippen LogP contribution in [-0.4, -0.2) is 15.2 Å². The molecule has 0 unspecified atom stereocenters. The van der Waals surface area contributed by atoms with Crippen LogP contribution in [0.25, 0.3) is 0 Å². The quantitative estimate of drug-likeness (QED) is 0.522. The molecule has 3 aromatic rings. The molecule has 0 heterocycles. The van der Waals surface area contributed by atoms with E-state index in [0.717, 1.165) is 18.6 Å². The van der Waals surface area contributed by atoms with Gasteiger partial charge < -0.3 is 4.74 Å². The molecule has 0 amide bonds. The minimum absolute atomic E-state index is 0.436. The van der Waals surface area contributed by atoms with Crippen molar-refractivity contribution >= 4 is 18.4 Å². The highest BCUT2D eigenvalue weighted by Gasteiger charge is 2.39. The Balaban J connectivity index is 2.05. The molecule has 0 saturated heterocycles. The van der Waals surface area contributed by atoms with Crippen molar-refractivity contribution in [3.63, 3.8) is 0 Å². The molecule has 0 bridgehead atoms. The molecule has 0 radical (unpaired) electrons. The second kappa shape index (κ2) is 9.39. The Morgan fingerprint density at radius 1 is 0.857 bits per heavy atom. The standard InChI is InChI=1S/C25H27NOSi/c1-27-22-17-15-21(16-18-22)20-25(14-9-19-26)28(2,23-10-5-3-6-11-23)24-12-7-4-8-13-24/h3-8,10-13,15-18,25H,9,14,20H2,1-2H3/t25-/m1/s1. The predicted molar refractivity (Wildman–Crippen MR) is 119 cm³/mol. The van der Waals surface area contributed by atoms with Gasteiger partial charge in [-0.15, -0.1) is 0 Å².